The van der Waals surface area contributed by atoms with Gasteiger partial charge in [0.25, 0.3) is 5.56 Å². The minimum atomic E-state index is -0.319. The molecule has 2 aromatic rings. The molecule has 94 valence electrons. The van der Waals surface area contributed by atoms with Crippen molar-refractivity contribution in [2.24, 2.45) is 5.73 Å². The highest BCUT2D eigenvalue weighted by molar-refractivity contribution is 5.53. The van der Waals surface area contributed by atoms with Crippen LogP contribution in [0.15, 0.2) is 35.3 Å². The van der Waals surface area contributed by atoms with Crippen LogP contribution >= 0.6 is 0 Å². The Morgan fingerprint density at radius 1 is 1.39 bits per heavy atom. The SMILES string of the molecule is CCn1nc(-c2ccccn2)cc(C(C)N)c1=O. The fourth-order valence-corrected chi connectivity index (χ4v) is 1.74. The lowest BCUT2D eigenvalue weighted by Crippen LogP contribution is -2.29. The van der Waals surface area contributed by atoms with Gasteiger partial charge in [-0.15, -0.1) is 0 Å². The van der Waals surface area contributed by atoms with Crippen molar-refractivity contribution < 1.29 is 0 Å². The third-order valence-electron chi connectivity index (χ3n) is 2.72. The van der Waals surface area contributed by atoms with Gasteiger partial charge in [0, 0.05) is 24.3 Å². The number of hydrogen-bond donors (Lipinski definition) is 1. The monoisotopic (exact) mass is 244 g/mol. The van der Waals surface area contributed by atoms with Crippen molar-refractivity contribution in [1.82, 2.24) is 14.8 Å². The van der Waals surface area contributed by atoms with Crippen molar-refractivity contribution >= 4 is 0 Å². The molecule has 0 saturated heterocycles. The van der Waals surface area contributed by atoms with Crippen molar-refractivity contribution in [2.75, 3.05) is 0 Å². The molecule has 0 aliphatic carbocycles. The summed E-state index contributed by atoms with van der Waals surface area (Å²) in [5.41, 5.74) is 7.66. The normalized spacial score (nSPS) is 12.4. The summed E-state index contributed by atoms with van der Waals surface area (Å²) in [6, 6.07) is 6.99. The van der Waals surface area contributed by atoms with Crippen molar-refractivity contribution in [2.45, 2.75) is 26.4 Å². The standard InChI is InChI=1S/C13H16N4O/c1-3-17-13(18)10(9(2)14)8-12(16-17)11-6-4-5-7-15-11/h4-9H,3,14H2,1-2H3. The van der Waals surface area contributed by atoms with Gasteiger partial charge in [0.05, 0.1) is 5.69 Å². The van der Waals surface area contributed by atoms with E-state index in [0.29, 0.717) is 17.8 Å². The van der Waals surface area contributed by atoms with E-state index in [2.05, 4.69) is 10.1 Å². The second-order valence-corrected chi connectivity index (χ2v) is 4.11. The number of nitrogens with two attached hydrogens (primary N) is 1. The van der Waals surface area contributed by atoms with Crippen LogP contribution in [0.25, 0.3) is 11.4 Å². The molecule has 5 nitrogen and oxygen atoms in total. The van der Waals surface area contributed by atoms with Gasteiger partial charge in [0.1, 0.15) is 5.69 Å². The highest BCUT2D eigenvalue weighted by Crippen LogP contribution is 2.15. The lowest BCUT2D eigenvalue weighted by atomic mass is 10.1. The number of aryl methyl sites for hydroxylation is 1. The number of nitrogens with zero attached hydrogens (tertiary/aromatic N) is 3. The molecule has 0 amide bonds. The van der Waals surface area contributed by atoms with E-state index in [-0.39, 0.29) is 11.6 Å². The van der Waals surface area contributed by atoms with Crippen molar-refractivity contribution in [3.63, 3.8) is 0 Å². The largest absolute Gasteiger partial charge is 0.324 e. The van der Waals surface area contributed by atoms with E-state index < -0.39 is 0 Å². The number of rotatable bonds is 3. The summed E-state index contributed by atoms with van der Waals surface area (Å²) in [6.07, 6.45) is 1.70. The minimum Gasteiger partial charge on any atom is -0.324 e. The molecule has 0 aromatic carbocycles. The Hall–Kier alpha value is -2.01. The molecule has 0 aliphatic heterocycles. The van der Waals surface area contributed by atoms with Crippen LogP contribution in [0.3, 0.4) is 0 Å². The van der Waals surface area contributed by atoms with Crippen LogP contribution in [0.1, 0.15) is 25.5 Å². The van der Waals surface area contributed by atoms with Crippen LogP contribution in [0.4, 0.5) is 0 Å². The molecule has 5 heteroatoms. The molecule has 0 bridgehead atoms. The topological polar surface area (TPSA) is 73.8 Å². The van der Waals surface area contributed by atoms with Crippen LogP contribution in [0, 0.1) is 0 Å². The molecule has 0 radical (unpaired) electrons. The Bertz CT molecular complexity index is 590. The van der Waals surface area contributed by atoms with Gasteiger partial charge in [-0.1, -0.05) is 6.07 Å². The molecule has 2 heterocycles. The molecule has 0 saturated carbocycles. The van der Waals surface area contributed by atoms with Gasteiger partial charge in [-0.05, 0) is 32.0 Å². The van der Waals surface area contributed by atoms with Gasteiger partial charge in [-0.2, -0.15) is 5.10 Å². The van der Waals surface area contributed by atoms with Gasteiger partial charge in [0.2, 0.25) is 0 Å². The highest BCUT2D eigenvalue weighted by Gasteiger charge is 2.12. The third kappa shape index (κ3) is 2.31. The van der Waals surface area contributed by atoms with E-state index in [0.717, 1.165) is 5.69 Å². The van der Waals surface area contributed by atoms with Crippen molar-refractivity contribution in [1.29, 1.82) is 0 Å². The second-order valence-electron chi connectivity index (χ2n) is 4.11. The zero-order valence-electron chi connectivity index (χ0n) is 10.5. The van der Waals surface area contributed by atoms with Gasteiger partial charge >= 0.3 is 0 Å². The first-order valence-electron chi connectivity index (χ1n) is 5.92. The fraction of sp³-hybridized carbons (Fsp3) is 0.308. The summed E-state index contributed by atoms with van der Waals surface area (Å²) in [6.45, 7) is 4.18. The molecule has 2 rings (SSSR count). The van der Waals surface area contributed by atoms with Crippen molar-refractivity contribution in [3.8, 4) is 11.4 Å². The van der Waals surface area contributed by atoms with E-state index in [9.17, 15) is 4.79 Å². The molecule has 2 N–H and O–H groups in total. The summed E-state index contributed by atoms with van der Waals surface area (Å²) in [4.78, 5) is 16.3. The van der Waals surface area contributed by atoms with Crippen LogP contribution in [-0.4, -0.2) is 14.8 Å². The number of aromatic nitrogens is 3. The number of pyridine rings is 1. The first-order chi connectivity index (χ1) is 8.63. The average molecular weight is 244 g/mol. The highest BCUT2D eigenvalue weighted by atomic mass is 16.1. The maximum atomic E-state index is 12.0. The minimum absolute atomic E-state index is 0.132. The molecule has 0 aliphatic rings. The fourth-order valence-electron chi connectivity index (χ4n) is 1.74. The zero-order valence-corrected chi connectivity index (χ0v) is 10.5. The van der Waals surface area contributed by atoms with E-state index in [1.807, 2.05) is 25.1 Å². The zero-order chi connectivity index (χ0) is 13.1. The third-order valence-corrected chi connectivity index (χ3v) is 2.72. The lowest BCUT2D eigenvalue weighted by Gasteiger charge is -2.10. The summed E-state index contributed by atoms with van der Waals surface area (Å²) < 4.78 is 1.42. The molecule has 1 atom stereocenters. The number of hydrogen-bond acceptors (Lipinski definition) is 4. The van der Waals surface area contributed by atoms with Crippen LogP contribution in [-0.2, 0) is 6.54 Å². The Morgan fingerprint density at radius 2 is 2.17 bits per heavy atom. The predicted molar refractivity (Wildman–Crippen MR) is 70.0 cm³/mol. The smallest absolute Gasteiger partial charge is 0.271 e. The summed E-state index contributed by atoms with van der Waals surface area (Å²) in [5, 5.41) is 4.29. The summed E-state index contributed by atoms with van der Waals surface area (Å²) in [5.74, 6) is 0. The maximum Gasteiger partial charge on any atom is 0.271 e. The van der Waals surface area contributed by atoms with Gasteiger partial charge in [0.15, 0.2) is 0 Å². The molecule has 2 aromatic heterocycles. The molecular formula is C13H16N4O. The van der Waals surface area contributed by atoms with Crippen LogP contribution in [0.5, 0.6) is 0 Å². The van der Waals surface area contributed by atoms with Crippen LogP contribution < -0.4 is 11.3 Å². The predicted octanol–water partition coefficient (Wildman–Crippen LogP) is 1.34. The Labute approximate surface area is 105 Å². The van der Waals surface area contributed by atoms with Crippen LogP contribution in [0.2, 0.25) is 0 Å². The molecule has 1 unspecified atom stereocenters. The first kappa shape index (κ1) is 12.4. The molecule has 0 fully saturated rings. The summed E-state index contributed by atoms with van der Waals surface area (Å²) >= 11 is 0. The van der Waals surface area contributed by atoms with Crippen molar-refractivity contribution in [3.05, 3.63) is 46.4 Å². The maximum absolute atomic E-state index is 12.0. The van der Waals surface area contributed by atoms with E-state index in [4.69, 9.17) is 5.73 Å². The lowest BCUT2D eigenvalue weighted by molar-refractivity contribution is 0.600. The molecular weight excluding hydrogens is 228 g/mol. The van der Waals surface area contributed by atoms with E-state index in [1.54, 1.807) is 19.2 Å². The Balaban J connectivity index is 2.63. The Morgan fingerprint density at radius 3 is 2.72 bits per heavy atom. The van der Waals surface area contributed by atoms with Gasteiger partial charge < -0.3 is 5.73 Å². The Kier molecular flexibility index (Phi) is 3.53. The summed E-state index contributed by atoms with van der Waals surface area (Å²) in [7, 11) is 0. The molecule has 18 heavy (non-hydrogen) atoms. The van der Waals surface area contributed by atoms with E-state index >= 15 is 0 Å². The average Bonchev–Trinajstić information content (AvgIpc) is 2.39. The second kappa shape index (κ2) is 5.10. The first-order valence-corrected chi connectivity index (χ1v) is 5.92. The quantitative estimate of drug-likeness (QED) is 0.884. The molecule has 0 spiro atoms. The van der Waals surface area contributed by atoms with Gasteiger partial charge in [-0.25, -0.2) is 4.68 Å². The van der Waals surface area contributed by atoms with E-state index in [1.165, 1.54) is 4.68 Å². The van der Waals surface area contributed by atoms with Gasteiger partial charge in [-0.3, -0.25) is 9.78 Å².